The fourth-order valence-corrected chi connectivity index (χ4v) is 12.9. The molecule has 0 aromatic rings. The van der Waals surface area contributed by atoms with Crippen molar-refractivity contribution in [2.24, 2.45) is 17.8 Å². The van der Waals surface area contributed by atoms with Gasteiger partial charge in [0, 0.05) is 0 Å². The molecule has 2 nitrogen and oxygen atoms in total. The maximum atomic E-state index is 12.9. The molecule has 21 heavy (non-hydrogen) atoms. The monoisotopic (exact) mass is 517 g/mol. The normalized spacial score (nSPS) is 42.6. The van der Waals surface area contributed by atoms with Gasteiger partial charge in [0.05, 0.1) is 0 Å². The first-order valence-corrected chi connectivity index (χ1v) is 12.0. The number of carbonyl (C=O) groups excluding carboxylic acids is 1. The third-order valence-corrected chi connectivity index (χ3v) is 13.0. The molecule has 2 saturated carbocycles. The Morgan fingerprint density at radius 3 is 2.57 bits per heavy atom. The van der Waals surface area contributed by atoms with E-state index in [1.807, 2.05) is 0 Å². The minimum absolute atomic E-state index is 0.133. The fraction of sp³-hybridized carbons (Fsp3) is 0.941. The summed E-state index contributed by atoms with van der Waals surface area (Å²) in [6.07, 6.45) is 8.43. The van der Waals surface area contributed by atoms with Crippen molar-refractivity contribution in [3.05, 3.63) is 0 Å². The second-order valence-corrected chi connectivity index (χ2v) is 15.7. The van der Waals surface area contributed by atoms with Crippen LogP contribution in [-0.4, -0.2) is 16.9 Å². The van der Waals surface area contributed by atoms with Gasteiger partial charge in [-0.05, 0) is 0 Å². The number of alkyl halides is 3. The van der Waals surface area contributed by atoms with Crippen LogP contribution in [0.1, 0.15) is 65.7 Å². The van der Waals surface area contributed by atoms with E-state index in [4.69, 9.17) is 4.74 Å². The topological polar surface area (TPSA) is 26.3 Å². The van der Waals surface area contributed by atoms with E-state index in [1.165, 1.54) is 32.1 Å². The predicted molar refractivity (Wildman–Crippen MR) is 89.2 cm³/mol. The quantitative estimate of drug-likeness (QED) is 0.322. The molecule has 2 aliphatic carbocycles. The zero-order valence-electron chi connectivity index (χ0n) is 13.3. The Labute approximate surface area is 152 Å². The molecule has 0 amide bonds. The van der Waals surface area contributed by atoms with Gasteiger partial charge in [0.15, 0.2) is 0 Å². The first kappa shape index (κ1) is 16.8. The molecule has 122 valence electrons. The summed E-state index contributed by atoms with van der Waals surface area (Å²) in [5, 5.41) is 0. The van der Waals surface area contributed by atoms with Crippen molar-refractivity contribution in [2.45, 2.75) is 76.7 Å². The van der Waals surface area contributed by atoms with Crippen molar-refractivity contribution in [1.29, 1.82) is 0 Å². The van der Waals surface area contributed by atoms with Crippen LogP contribution in [-0.2, 0) is 9.53 Å². The summed E-state index contributed by atoms with van der Waals surface area (Å²) in [6, 6.07) is 0. The molecule has 2 bridgehead atoms. The van der Waals surface area contributed by atoms with E-state index in [9.17, 15) is 4.79 Å². The first-order chi connectivity index (χ1) is 9.88. The SMILES string of the molecule is CCC(C)(OC(=O)C1CC2CC1(C)[I-]C2I)C1CCCC1. The Balaban J connectivity index is 1.68. The average molecular weight is 517 g/mol. The van der Waals surface area contributed by atoms with E-state index in [2.05, 4.69) is 43.4 Å². The molecule has 0 aromatic heterocycles. The Bertz CT molecular complexity index is 417. The summed E-state index contributed by atoms with van der Waals surface area (Å²) in [4.78, 5) is 12.9. The summed E-state index contributed by atoms with van der Waals surface area (Å²) < 4.78 is 7.38. The average Bonchev–Trinajstić information content (AvgIpc) is 3.11. The van der Waals surface area contributed by atoms with Crippen LogP contribution in [0, 0.1) is 17.8 Å². The van der Waals surface area contributed by atoms with Crippen LogP contribution in [0.4, 0.5) is 0 Å². The Morgan fingerprint density at radius 1 is 1.43 bits per heavy atom. The second kappa shape index (κ2) is 6.10. The molecule has 5 unspecified atom stereocenters. The zero-order valence-corrected chi connectivity index (χ0v) is 17.6. The maximum absolute atomic E-state index is 12.9. The third kappa shape index (κ3) is 3.01. The summed E-state index contributed by atoms with van der Waals surface area (Å²) in [5.41, 5.74) is -0.214. The minimum atomic E-state index is -0.214. The number of carbonyl (C=O) groups is 1. The number of halogens is 2. The van der Waals surface area contributed by atoms with Crippen molar-refractivity contribution in [3.63, 3.8) is 0 Å². The number of fused-ring (bicyclic) bond motifs is 2. The van der Waals surface area contributed by atoms with Crippen LogP contribution < -0.4 is 21.2 Å². The van der Waals surface area contributed by atoms with Crippen molar-refractivity contribution in [2.75, 3.05) is 0 Å². The molecule has 0 spiro atoms. The van der Waals surface area contributed by atoms with Gasteiger partial charge in [0.25, 0.3) is 0 Å². The Morgan fingerprint density at radius 2 is 2.10 bits per heavy atom. The van der Waals surface area contributed by atoms with Crippen LogP contribution in [0.5, 0.6) is 0 Å². The van der Waals surface area contributed by atoms with Crippen LogP contribution in [0.2, 0.25) is 0 Å². The Hall–Kier alpha value is 0.930. The van der Waals surface area contributed by atoms with Crippen LogP contribution in [0.25, 0.3) is 0 Å². The predicted octanol–water partition coefficient (Wildman–Crippen LogP) is 1.54. The number of hydrogen-bond acceptors (Lipinski definition) is 2. The fourth-order valence-electron chi connectivity index (χ4n) is 4.55. The third-order valence-electron chi connectivity index (χ3n) is 6.18. The zero-order chi connectivity index (χ0) is 15.3. The van der Waals surface area contributed by atoms with Crippen molar-refractivity contribution >= 4 is 28.6 Å². The molecule has 4 heteroatoms. The first-order valence-electron chi connectivity index (χ1n) is 8.39. The number of rotatable bonds is 4. The molecule has 0 aromatic carbocycles. The van der Waals surface area contributed by atoms with Crippen molar-refractivity contribution < 1.29 is 30.7 Å². The molecule has 3 fully saturated rings. The molecule has 1 heterocycles. The number of hydrogen-bond donors (Lipinski definition) is 0. The van der Waals surface area contributed by atoms with Gasteiger partial charge in [-0.2, -0.15) is 0 Å². The molecular weight excluding hydrogens is 490 g/mol. The van der Waals surface area contributed by atoms with Crippen LogP contribution >= 0.6 is 22.6 Å². The van der Waals surface area contributed by atoms with E-state index in [0.29, 0.717) is 9.34 Å². The van der Waals surface area contributed by atoms with Crippen LogP contribution in [0.15, 0.2) is 0 Å². The van der Waals surface area contributed by atoms with E-state index in [-0.39, 0.29) is 38.7 Å². The van der Waals surface area contributed by atoms with Gasteiger partial charge in [-0.1, -0.05) is 0 Å². The summed E-state index contributed by atoms with van der Waals surface area (Å²) >= 11 is 2.76. The van der Waals surface area contributed by atoms with E-state index >= 15 is 0 Å². The molecule has 0 N–H and O–H groups in total. The van der Waals surface area contributed by atoms with Gasteiger partial charge in [0.1, 0.15) is 0 Å². The van der Waals surface area contributed by atoms with Crippen molar-refractivity contribution in [3.8, 4) is 0 Å². The summed E-state index contributed by atoms with van der Waals surface area (Å²) in [5.74, 6) is 1.72. The van der Waals surface area contributed by atoms with Crippen molar-refractivity contribution in [1.82, 2.24) is 0 Å². The van der Waals surface area contributed by atoms with E-state index in [0.717, 1.165) is 20.7 Å². The summed E-state index contributed by atoms with van der Waals surface area (Å²) in [6.45, 7) is 6.73. The van der Waals surface area contributed by atoms with Gasteiger partial charge in [-0.15, -0.1) is 0 Å². The second-order valence-electron chi connectivity index (χ2n) is 7.54. The number of ether oxygens (including phenoxy) is 1. The molecule has 1 saturated heterocycles. The van der Waals surface area contributed by atoms with Gasteiger partial charge in [-0.3, -0.25) is 0 Å². The van der Waals surface area contributed by atoms with Crippen LogP contribution in [0.3, 0.4) is 0 Å². The Kier molecular flexibility index (Phi) is 4.87. The van der Waals surface area contributed by atoms with Gasteiger partial charge in [-0.25, -0.2) is 0 Å². The van der Waals surface area contributed by atoms with E-state index < -0.39 is 0 Å². The molecule has 1 aliphatic heterocycles. The van der Waals surface area contributed by atoms with Gasteiger partial charge >= 0.3 is 154 Å². The number of esters is 1. The van der Waals surface area contributed by atoms with Gasteiger partial charge in [0.2, 0.25) is 0 Å². The molecule has 3 aliphatic rings. The summed E-state index contributed by atoms with van der Waals surface area (Å²) in [7, 11) is 0. The molecule has 5 atom stereocenters. The van der Waals surface area contributed by atoms with E-state index in [1.54, 1.807) is 0 Å². The standard InChI is InChI=1S/C17H27I2O2/c1-4-17(3,12-7-5-6-8-12)21-15(20)13-9-11-10-16(13,2)19-14(11)18/h11-14H,4-10H2,1-3H3/q-1. The molecule has 3 rings (SSSR count). The molecule has 0 radical (unpaired) electrons. The molecular formula is C17H27I2O2-. The van der Waals surface area contributed by atoms with Gasteiger partial charge < -0.3 is 0 Å².